The average molecular weight is 293 g/mol. The minimum Gasteiger partial charge on any atom is -0.379 e. The number of hydrogen-bond acceptors (Lipinski definition) is 2. The van der Waals surface area contributed by atoms with E-state index in [1.54, 1.807) is 0 Å². The minimum atomic E-state index is -4.72. The van der Waals surface area contributed by atoms with E-state index in [0.717, 1.165) is 0 Å². The Morgan fingerprint density at radius 1 is 1.25 bits per heavy atom. The van der Waals surface area contributed by atoms with E-state index in [0.29, 0.717) is 18.9 Å². The van der Waals surface area contributed by atoms with Crippen LogP contribution >= 0.6 is 0 Å². The Bertz CT molecular complexity index is 457. The maximum atomic E-state index is 13.9. The van der Waals surface area contributed by atoms with E-state index in [2.05, 4.69) is 0 Å². The fourth-order valence-corrected chi connectivity index (χ4v) is 1.82. The van der Waals surface area contributed by atoms with Crippen LogP contribution in [0.3, 0.4) is 0 Å². The first-order chi connectivity index (χ1) is 9.08. The summed E-state index contributed by atoms with van der Waals surface area (Å²) in [6.45, 7) is 3.67. The summed E-state index contributed by atoms with van der Waals surface area (Å²) in [4.78, 5) is 0. The Labute approximate surface area is 115 Å². The van der Waals surface area contributed by atoms with Gasteiger partial charge in [-0.25, -0.2) is 4.39 Å². The molecule has 1 aromatic carbocycles. The second kappa shape index (κ2) is 6.10. The molecule has 0 saturated heterocycles. The van der Waals surface area contributed by atoms with Crippen LogP contribution in [0.25, 0.3) is 0 Å². The molecule has 0 radical (unpaired) electrons. The third-order valence-electron chi connectivity index (χ3n) is 3.34. The second-order valence-electron chi connectivity index (χ2n) is 5.32. The summed E-state index contributed by atoms with van der Waals surface area (Å²) >= 11 is 0. The molecule has 0 saturated carbocycles. The van der Waals surface area contributed by atoms with Crippen molar-refractivity contribution in [2.24, 2.45) is 5.73 Å². The topological polar surface area (TPSA) is 35.2 Å². The summed E-state index contributed by atoms with van der Waals surface area (Å²) < 4.78 is 57.0. The molecule has 0 aliphatic heterocycles. The molecule has 0 aliphatic carbocycles. The van der Waals surface area contributed by atoms with Crippen molar-refractivity contribution in [1.82, 2.24) is 0 Å². The highest BCUT2D eigenvalue weighted by Gasteiger charge is 2.35. The van der Waals surface area contributed by atoms with Crippen LogP contribution < -0.4 is 5.73 Å². The Hall–Kier alpha value is -1.14. The highest BCUT2D eigenvalue weighted by Crippen LogP contribution is 2.34. The van der Waals surface area contributed by atoms with Crippen LogP contribution in [0.2, 0.25) is 0 Å². The molecule has 6 heteroatoms. The van der Waals surface area contributed by atoms with Gasteiger partial charge in [-0.15, -0.1) is 0 Å². The number of nitrogens with two attached hydrogens (primary N) is 1. The van der Waals surface area contributed by atoms with Gasteiger partial charge >= 0.3 is 6.18 Å². The molecule has 0 aromatic heterocycles. The smallest absolute Gasteiger partial charge is 0.379 e. The van der Waals surface area contributed by atoms with E-state index in [1.165, 1.54) is 19.2 Å². The van der Waals surface area contributed by atoms with Crippen molar-refractivity contribution in [3.63, 3.8) is 0 Å². The zero-order valence-electron chi connectivity index (χ0n) is 11.7. The van der Waals surface area contributed by atoms with E-state index in [4.69, 9.17) is 10.5 Å². The second-order valence-corrected chi connectivity index (χ2v) is 5.32. The molecule has 0 bridgehead atoms. The van der Waals surface area contributed by atoms with E-state index < -0.39 is 29.2 Å². The fraction of sp³-hybridized carbons (Fsp3) is 0.571. The summed E-state index contributed by atoms with van der Waals surface area (Å²) in [5, 5.41) is 0. The third-order valence-corrected chi connectivity index (χ3v) is 3.34. The first kappa shape index (κ1) is 16.9. The van der Waals surface area contributed by atoms with Crippen LogP contribution in [0, 0.1) is 5.82 Å². The lowest BCUT2D eigenvalue weighted by molar-refractivity contribution is -0.140. The van der Waals surface area contributed by atoms with Gasteiger partial charge in [-0.05, 0) is 32.8 Å². The number of methoxy groups -OCH3 is 1. The Morgan fingerprint density at radius 2 is 1.85 bits per heavy atom. The summed E-state index contributed by atoms with van der Waals surface area (Å²) in [7, 11) is 1.54. The van der Waals surface area contributed by atoms with Crippen molar-refractivity contribution in [3.05, 3.63) is 35.1 Å². The van der Waals surface area contributed by atoms with Crippen LogP contribution in [0.1, 0.15) is 43.9 Å². The maximum Gasteiger partial charge on any atom is 0.419 e. The van der Waals surface area contributed by atoms with Gasteiger partial charge in [0, 0.05) is 18.7 Å². The normalized spacial score (nSPS) is 14.4. The van der Waals surface area contributed by atoms with Gasteiger partial charge in [-0.3, -0.25) is 0 Å². The molecular weight excluding hydrogens is 274 g/mol. The molecule has 0 amide bonds. The fourth-order valence-electron chi connectivity index (χ4n) is 1.82. The largest absolute Gasteiger partial charge is 0.419 e. The summed E-state index contributed by atoms with van der Waals surface area (Å²) in [5.41, 5.74) is 3.96. The van der Waals surface area contributed by atoms with Crippen LogP contribution in [-0.4, -0.2) is 12.7 Å². The van der Waals surface area contributed by atoms with E-state index in [1.807, 2.05) is 13.8 Å². The van der Waals surface area contributed by atoms with E-state index >= 15 is 0 Å². The number of benzene rings is 1. The van der Waals surface area contributed by atoms with Crippen molar-refractivity contribution in [3.8, 4) is 0 Å². The van der Waals surface area contributed by atoms with Gasteiger partial charge in [0.1, 0.15) is 5.82 Å². The van der Waals surface area contributed by atoms with Crippen LogP contribution in [0.5, 0.6) is 0 Å². The molecule has 2 nitrogen and oxygen atoms in total. The van der Waals surface area contributed by atoms with Gasteiger partial charge < -0.3 is 10.5 Å². The van der Waals surface area contributed by atoms with Crippen molar-refractivity contribution < 1.29 is 22.3 Å². The van der Waals surface area contributed by atoms with Gasteiger partial charge in [0.25, 0.3) is 0 Å². The zero-order chi connectivity index (χ0) is 15.6. The Morgan fingerprint density at radius 3 is 2.35 bits per heavy atom. The molecule has 0 heterocycles. The van der Waals surface area contributed by atoms with Gasteiger partial charge in [0.05, 0.1) is 11.2 Å². The van der Waals surface area contributed by atoms with Crippen molar-refractivity contribution in [2.75, 3.05) is 7.11 Å². The quantitative estimate of drug-likeness (QED) is 0.831. The molecule has 114 valence electrons. The molecule has 0 fully saturated rings. The summed E-state index contributed by atoms with van der Waals surface area (Å²) in [5.74, 6) is -1.29. The monoisotopic (exact) mass is 293 g/mol. The van der Waals surface area contributed by atoms with Crippen molar-refractivity contribution in [2.45, 2.75) is 44.5 Å². The first-order valence-corrected chi connectivity index (χ1v) is 6.25. The third kappa shape index (κ3) is 4.18. The lowest BCUT2D eigenvalue weighted by atomic mass is 9.94. The van der Waals surface area contributed by atoms with Crippen LogP contribution in [0.15, 0.2) is 18.2 Å². The highest BCUT2D eigenvalue weighted by molar-refractivity contribution is 5.30. The number of alkyl halides is 3. The highest BCUT2D eigenvalue weighted by atomic mass is 19.4. The van der Waals surface area contributed by atoms with Crippen molar-refractivity contribution >= 4 is 0 Å². The van der Waals surface area contributed by atoms with Crippen LogP contribution in [-0.2, 0) is 10.9 Å². The Kier molecular flexibility index (Phi) is 5.15. The molecule has 20 heavy (non-hydrogen) atoms. The molecule has 1 unspecified atom stereocenters. The van der Waals surface area contributed by atoms with Crippen LogP contribution in [0.4, 0.5) is 17.6 Å². The SMILES string of the molecule is COC(C)(C)CCC(N)c1cccc(C(F)(F)F)c1F. The molecular formula is C14H19F4NO. The number of rotatable bonds is 5. The summed E-state index contributed by atoms with van der Waals surface area (Å²) in [6.07, 6.45) is -3.87. The number of hydrogen-bond donors (Lipinski definition) is 1. The van der Waals surface area contributed by atoms with Gasteiger partial charge in [-0.2, -0.15) is 13.2 Å². The molecule has 1 aromatic rings. The molecule has 0 aliphatic rings. The zero-order valence-corrected chi connectivity index (χ0v) is 11.7. The Balaban J connectivity index is 2.92. The van der Waals surface area contributed by atoms with Gasteiger partial charge in [0.2, 0.25) is 0 Å². The lowest BCUT2D eigenvalue weighted by Crippen LogP contribution is -2.25. The maximum absolute atomic E-state index is 13.9. The minimum absolute atomic E-state index is 0.119. The van der Waals surface area contributed by atoms with E-state index in [9.17, 15) is 17.6 Å². The summed E-state index contributed by atoms with van der Waals surface area (Å²) in [6, 6.07) is 2.37. The predicted octanol–water partition coefficient (Wildman–Crippen LogP) is 4.05. The molecule has 0 spiro atoms. The number of ether oxygens (including phenoxy) is 1. The van der Waals surface area contributed by atoms with Gasteiger partial charge in [-0.1, -0.05) is 12.1 Å². The van der Waals surface area contributed by atoms with E-state index in [-0.39, 0.29) is 5.56 Å². The first-order valence-electron chi connectivity index (χ1n) is 6.25. The lowest BCUT2D eigenvalue weighted by Gasteiger charge is -2.25. The molecule has 2 N–H and O–H groups in total. The number of halogens is 4. The van der Waals surface area contributed by atoms with Gasteiger partial charge in [0.15, 0.2) is 0 Å². The molecule has 1 atom stereocenters. The average Bonchev–Trinajstić information content (AvgIpc) is 2.35. The standard InChI is InChI=1S/C14H19F4NO/c1-13(2,20-3)8-7-11(19)9-5-4-6-10(12(9)15)14(16,17)18/h4-6,11H,7-8,19H2,1-3H3. The van der Waals surface area contributed by atoms with Crippen molar-refractivity contribution in [1.29, 1.82) is 0 Å². The molecule has 1 rings (SSSR count). The predicted molar refractivity (Wildman–Crippen MR) is 68.7 cm³/mol.